The summed E-state index contributed by atoms with van der Waals surface area (Å²) in [6.45, 7) is 3.24. The smallest absolute Gasteiger partial charge is 0.335 e. The molecular weight excluding hydrogens is 262 g/mol. The maximum Gasteiger partial charge on any atom is 0.335 e. The van der Waals surface area contributed by atoms with Crippen LogP contribution in [0.3, 0.4) is 0 Å². The number of carbonyl (C=O) groups is 3. The van der Waals surface area contributed by atoms with Crippen molar-refractivity contribution in [3.8, 4) is 0 Å². The van der Waals surface area contributed by atoms with E-state index >= 15 is 0 Å². The Morgan fingerprint density at radius 3 is 2.40 bits per heavy atom. The molecule has 7 nitrogen and oxygen atoms in total. The van der Waals surface area contributed by atoms with Crippen LogP contribution < -0.4 is 16.0 Å². The first-order valence-corrected chi connectivity index (χ1v) is 5.98. The summed E-state index contributed by atoms with van der Waals surface area (Å²) in [6.07, 6.45) is 0. The van der Waals surface area contributed by atoms with E-state index in [9.17, 15) is 14.4 Å². The summed E-state index contributed by atoms with van der Waals surface area (Å²) in [5.74, 6) is -1.34. The molecule has 0 saturated carbocycles. The van der Waals surface area contributed by atoms with Crippen molar-refractivity contribution in [1.82, 2.24) is 10.6 Å². The summed E-state index contributed by atoms with van der Waals surface area (Å²) < 4.78 is 0. The Labute approximate surface area is 116 Å². The number of likely N-dealkylation sites (N-methyl/N-ethyl adjacent to an activating group) is 1. The lowest BCUT2D eigenvalue weighted by Gasteiger charge is -2.14. The maximum absolute atomic E-state index is 11.7. The molecule has 1 unspecified atom stereocenters. The van der Waals surface area contributed by atoms with Crippen LogP contribution in [0.15, 0.2) is 18.2 Å². The highest BCUT2D eigenvalue weighted by Crippen LogP contribution is 2.16. The highest BCUT2D eigenvalue weighted by atomic mass is 16.4. The van der Waals surface area contributed by atoms with E-state index in [0.717, 1.165) is 0 Å². The van der Waals surface area contributed by atoms with E-state index in [0.29, 0.717) is 11.3 Å². The van der Waals surface area contributed by atoms with Crippen LogP contribution in [-0.4, -0.2) is 36.1 Å². The predicted octanol–water partition coefficient (Wildman–Crippen LogP) is 0.949. The van der Waals surface area contributed by atoms with Gasteiger partial charge in [0.25, 0.3) is 0 Å². The first-order chi connectivity index (χ1) is 9.35. The molecule has 7 heteroatoms. The molecule has 0 spiro atoms. The average Bonchev–Trinajstić information content (AvgIpc) is 2.39. The minimum atomic E-state index is -1.03. The second kappa shape index (κ2) is 6.55. The molecular formula is C13H17N3O4. The number of amides is 3. The van der Waals surface area contributed by atoms with Crippen molar-refractivity contribution in [1.29, 1.82) is 0 Å². The molecule has 0 aliphatic rings. The first-order valence-electron chi connectivity index (χ1n) is 5.98. The van der Waals surface area contributed by atoms with Gasteiger partial charge in [0.05, 0.1) is 5.56 Å². The van der Waals surface area contributed by atoms with Crippen molar-refractivity contribution in [2.45, 2.75) is 19.9 Å². The second-order valence-corrected chi connectivity index (χ2v) is 4.27. The van der Waals surface area contributed by atoms with Crippen LogP contribution in [0, 0.1) is 6.92 Å². The van der Waals surface area contributed by atoms with Crippen LogP contribution in [0.25, 0.3) is 0 Å². The lowest BCUT2D eigenvalue weighted by Crippen LogP contribution is -2.45. The fourth-order valence-electron chi connectivity index (χ4n) is 1.57. The Morgan fingerprint density at radius 1 is 1.25 bits per heavy atom. The molecule has 1 aromatic carbocycles. The van der Waals surface area contributed by atoms with Crippen LogP contribution in [0.2, 0.25) is 0 Å². The van der Waals surface area contributed by atoms with Crippen LogP contribution in [0.1, 0.15) is 22.8 Å². The van der Waals surface area contributed by atoms with E-state index in [1.807, 2.05) is 0 Å². The minimum absolute atomic E-state index is 0.146. The fourth-order valence-corrected chi connectivity index (χ4v) is 1.57. The van der Waals surface area contributed by atoms with Gasteiger partial charge in [-0.3, -0.25) is 4.79 Å². The Kier molecular flexibility index (Phi) is 5.08. The molecule has 3 amide bonds. The van der Waals surface area contributed by atoms with Gasteiger partial charge in [0.2, 0.25) is 5.91 Å². The Morgan fingerprint density at radius 2 is 1.90 bits per heavy atom. The number of anilines is 1. The fraction of sp³-hybridized carbons (Fsp3) is 0.308. The van der Waals surface area contributed by atoms with E-state index in [4.69, 9.17) is 5.11 Å². The molecule has 0 fully saturated rings. The van der Waals surface area contributed by atoms with Crippen molar-refractivity contribution >= 4 is 23.6 Å². The van der Waals surface area contributed by atoms with Crippen molar-refractivity contribution in [3.05, 3.63) is 29.3 Å². The molecule has 0 radical (unpaired) electrons. The van der Waals surface area contributed by atoms with Gasteiger partial charge in [0.15, 0.2) is 0 Å². The quantitative estimate of drug-likeness (QED) is 0.658. The Hall–Kier alpha value is -2.57. The number of benzene rings is 1. The van der Waals surface area contributed by atoms with Gasteiger partial charge in [-0.2, -0.15) is 0 Å². The minimum Gasteiger partial charge on any atom is -0.478 e. The number of aromatic carboxylic acids is 1. The molecule has 0 bridgehead atoms. The monoisotopic (exact) mass is 279 g/mol. The molecule has 4 N–H and O–H groups in total. The van der Waals surface area contributed by atoms with Crippen molar-refractivity contribution in [3.63, 3.8) is 0 Å². The number of aryl methyl sites for hydroxylation is 1. The van der Waals surface area contributed by atoms with Crippen LogP contribution in [0.5, 0.6) is 0 Å². The molecule has 0 aliphatic heterocycles. The number of carbonyl (C=O) groups excluding carboxylic acids is 2. The van der Waals surface area contributed by atoms with E-state index in [2.05, 4.69) is 16.0 Å². The van der Waals surface area contributed by atoms with Gasteiger partial charge in [-0.15, -0.1) is 0 Å². The number of nitrogens with one attached hydrogen (secondary N) is 3. The Balaban J connectivity index is 2.71. The number of rotatable bonds is 4. The topological polar surface area (TPSA) is 108 Å². The van der Waals surface area contributed by atoms with E-state index in [1.54, 1.807) is 13.8 Å². The average molecular weight is 279 g/mol. The predicted molar refractivity (Wildman–Crippen MR) is 73.8 cm³/mol. The number of carboxylic acids is 1. The highest BCUT2D eigenvalue weighted by molar-refractivity contribution is 5.95. The summed E-state index contributed by atoms with van der Waals surface area (Å²) in [4.78, 5) is 33.8. The van der Waals surface area contributed by atoms with Crippen molar-refractivity contribution in [2.24, 2.45) is 0 Å². The zero-order chi connectivity index (χ0) is 15.3. The molecule has 0 aromatic heterocycles. The molecule has 0 heterocycles. The van der Waals surface area contributed by atoms with Crippen LogP contribution in [0.4, 0.5) is 10.5 Å². The summed E-state index contributed by atoms with van der Waals surface area (Å²) in [7, 11) is 1.48. The van der Waals surface area contributed by atoms with Gasteiger partial charge in [0, 0.05) is 12.7 Å². The van der Waals surface area contributed by atoms with Gasteiger partial charge < -0.3 is 21.1 Å². The van der Waals surface area contributed by atoms with Gasteiger partial charge >= 0.3 is 12.0 Å². The standard InChI is InChI=1S/C13H17N3O4/c1-7-6-9(12(18)19)4-5-10(7)16-13(20)15-8(2)11(17)14-3/h4-6,8H,1-3H3,(H,14,17)(H,18,19)(H2,15,16,20). The highest BCUT2D eigenvalue weighted by Gasteiger charge is 2.14. The SMILES string of the molecule is CNC(=O)C(C)NC(=O)Nc1ccc(C(=O)O)cc1C. The molecule has 0 saturated heterocycles. The Bertz CT molecular complexity index is 542. The van der Waals surface area contributed by atoms with Crippen LogP contribution in [-0.2, 0) is 4.79 Å². The third-order valence-corrected chi connectivity index (χ3v) is 2.71. The second-order valence-electron chi connectivity index (χ2n) is 4.27. The van der Waals surface area contributed by atoms with Crippen molar-refractivity contribution in [2.75, 3.05) is 12.4 Å². The molecule has 108 valence electrons. The molecule has 1 rings (SSSR count). The molecule has 1 aromatic rings. The largest absolute Gasteiger partial charge is 0.478 e. The third-order valence-electron chi connectivity index (χ3n) is 2.71. The lowest BCUT2D eigenvalue weighted by molar-refractivity contribution is -0.122. The molecule has 0 aliphatic carbocycles. The van der Waals surface area contributed by atoms with Crippen molar-refractivity contribution < 1.29 is 19.5 Å². The number of urea groups is 1. The third kappa shape index (κ3) is 3.98. The van der Waals surface area contributed by atoms with Gasteiger partial charge in [0.1, 0.15) is 6.04 Å². The van der Waals surface area contributed by atoms with Gasteiger partial charge in [-0.1, -0.05) is 0 Å². The van der Waals surface area contributed by atoms with E-state index in [-0.39, 0.29) is 11.5 Å². The number of carboxylic acid groups (broad SMARTS) is 1. The number of hydrogen-bond acceptors (Lipinski definition) is 3. The lowest BCUT2D eigenvalue weighted by atomic mass is 10.1. The van der Waals surface area contributed by atoms with E-state index < -0.39 is 18.0 Å². The zero-order valence-electron chi connectivity index (χ0n) is 11.5. The van der Waals surface area contributed by atoms with E-state index in [1.165, 1.54) is 25.2 Å². The van der Waals surface area contributed by atoms with Gasteiger partial charge in [-0.05, 0) is 37.6 Å². The summed E-state index contributed by atoms with van der Waals surface area (Å²) >= 11 is 0. The molecule has 1 atom stereocenters. The zero-order valence-corrected chi connectivity index (χ0v) is 11.5. The summed E-state index contributed by atoms with van der Waals surface area (Å²) in [6, 6.07) is 3.15. The maximum atomic E-state index is 11.7. The molecule has 20 heavy (non-hydrogen) atoms. The normalized spacial score (nSPS) is 11.3. The number of hydrogen-bond donors (Lipinski definition) is 4. The van der Waals surface area contributed by atoms with Crippen LogP contribution >= 0.6 is 0 Å². The van der Waals surface area contributed by atoms with Gasteiger partial charge in [-0.25, -0.2) is 9.59 Å². The summed E-state index contributed by atoms with van der Waals surface area (Å²) in [5.41, 5.74) is 1.25. The first kappa shape index (κ1) is 15.5. The summed E-state index contributed by atoms with van der Waals surface area (Å²) in [5, 5.41) is 16.3.